The molecule has 7 nitrogen and oxygen atoms in total. The minimum atomic E-state index is -4.01. The first-order valence-electron chi connectivity index (χ1n) is 12.1. The SMILES string of the molecule is C#CCNC(=O)CCc1ccc(S(=O)(=O)NC(=O)NC2C3CCCC3=CC3CCCC32C)cc1. The van der Waals surface area contributed by atoms with Gasteiger partial charge in [0.05, 0.1) is 11.4 Å². The van der Waals surface area contributed by atoms with Gasteiger partial charge in [-0.1, -0.05) is 43.0 Å². The lowest BCUT2D eigenvalue weighted by Gasteiger charge is -2.46. The van der Waals surface area contributed by atoms with E-state index in [1.165, 1.54) is 17.7 Å². The van der Waals surface area contributed by atoms with E-state index in [0.29, 0.717) is 18.3 Å². The van der Waals surface area contributed by atoms with E-state index in [2.05, 4.69) is 34.3 Å². The molecular formula is C26H33N3O4S. The van der Waals surface area contributed by atoms with Crippen LogP contribution in [0, 0.1) is 29.6 Å². The van der Waals surface area contributed by atoms with Crippen LogP contribution in [0.4, 0.5) is 4.79 Å². The highest BCUT2D eigenvalue weighted by molar-refractivity contribution is 7.90. The molecule has 182 valence electrons. The van der Waals surface area contributed by atoms with Gasteiger partial charge in [-0.3, -0.25) is 4.79 Å². The molecule has 3 N–H and O–H groups in total. The lowest BCUT2D eigenvalue weighted by Crippen LogP contribution is -2.56. The maximum absolute atomic E-state index is 12.9. The predicted octanol–water partition coefficient (Wildman–Crippen LogP) is 3.27. The summed E-state index contributed by atoms with van der Waals surface area (Å²) >= 11 is 0. The highest BCUT2D eigenvalue weighted by Crippen LogP contribution is 2.55. The molecule has 2 fully saturated rings. The number of fused-ring (bicyclic) bond motifs is 2. The van der Waals surface area contributed by atoms with Crippen LogP contribution in [0.25, 0.3) is 0 Å². The molecule has 3 amide bonds. The number of sulfonamides is 1. The third kappa shape index (κ3) is 5.00. The van der Waals surface area contributed by atoms with Crippen molar-refractivity contribution in [1.29, 1.82) is 0 Å². The Morgan fingerprint density at radius 2 is 1.94 bits per heavy atom. The second-order valence-corrected chi connectivity index (χ2v) is 11.6. The van der Waals surface area contributed by atoms with Crippen molar-refractivity contribution in [1.82, 2.24) is 15.4 Å². The van der Waals surface area contributed by atoms with Crippen molar-refractivity contribution in [3.63, 3.8) is 0 Å². The Morgan fingerprint density at radius 1 is 1.18 bits per heavy atom. The quantitative estimate of drug-likeness (QED) is 0.409. The zero-order valence-corrected chi connectivity index (χ0v) is 20.4. The maximum Gasteiger partial charge on any atom is 0.328 e. The normalized spacial score (nSPS) is 27.6. The first kappa shape index (κ1) is 24.3. The Labute approximate surface area is 202 Å². The fourth-order valence-corrected chi connectivity index (χ4v) is 6.94. The Balaban J connectivity index is 1.38. The molecule has 0 aromatic heterocycles. The van der Waals surface area contributed by atoms with Gasteiger partial charge < -0.3 is 10.6 Å². The van der Waals surface area contributed by atoms with Crippen molar-refractivity contribution >= 4 is 22.0 Å². The lowest BCUT2D eigenvalue weighted by molar-refractivity contribution is -0.120. The summed E-state index contributed by atoms with van der Waals surface area (Å²) < 4.78 is 27.9. The van der Waals surface area contributed by atoms with Gasteiger partial charge in [0.1, 0.15) is 0 Å². The molecule has 0 saturated heterocycles. The Hall–Kier alpha value is -2.79. The van der Waals surface area contributed by atoms with Gasteiger partial charge in [0.15, 0.2) is 0 Å². The van der Waals surface area contributed by atoms with Gasteiger partial charge in [0.2, 0.25) is 5.91 Å². The van der Waals surface area contributed by atoms with Crippen molar-refractivity contribution in [2.24, 2.45) is 17.3 Å². The van der Waals surface area contributed by atoms with E-state index in [1.807, 2.05) is 0 Å². The number of hydrogen-bond acceptors (Lipinski definition) is 4. The van der Waals surface area contributed by atoms with Crippen LogP contribution in [0.2, 0.25) is 0 Å². The maximum atomic E-state index is 12.9. The van der Waals surface area contributed by atoms with E-state index in [1.54, 1.807) is 12.1 Å². The third-order valence-electron chi connectivity index (χ3n) is 7.84. The summed E-state index contributed by atoms with van der Waals surface area (Å²) in [6.07, 6.45) is 14.8. The largest absolute Gasteiger partial charge is 0.345 e. The second-order valence-electron chi connectivity index (χ2n) is 9.93. The van der Waals surface area contributed by atoms with E-state index in [9.17, 15) is 18.0 Å². The zero-order valence-electron chi connectivity index (χ0n) is 19.6. The second kappa shape index (κ2) is 9.83. The Kier molecular flexibility index (Phi) is 7.04. The summed E-state index contributed by atoms with van der Waals surface area (Å²) in [5, 5.41) is 5.66. The zero-order chi connectivity index (χ0) is 24.3. The fourth-order valence-electron chi connectivity index (χ4n) is 6.03. The van der Waals surface area contributed by atoms with Gasteiger partial charge >= 0.3 is 6.03 Å². The van der Waals surface area contributed by atoms with Crippen molar-refractivity contribution < 1.29 is 18.0 Å². The number of nitrogens with one attached hydrogen (secondary N) is 3. The van der Waals surface area contributed by atoms with E-state index in [0.717, 1.165) is 44.1 Å². The van der Waals surface area contributed by atoms with E-state index < -0.39 is 16.1 Å². The molecule has 0 radical (unpaired) electrons. The summed E-state index contributed by atoms with van der Waals surface area (Å²) in [5.74, 6) is 2.93. The van der Waals surface area contributed by atoms with Crippen LogP contribution in [0.3, 0.4) is 0 Å². The third-order valence-corrected chi connectivity index (χ3v) is 9.19. The summed E-state index contributed by atoms with van der Waals surface area (Å²) in [5.41, 5.74) is 2.22. The Bertz CT molecular complexity index is 1120. The van der Waals surface area contributed by atoms with Gasteiger partial charge in [-0.15, -0.1) is 6.42 Å². The van der Waals surface area contributed by atoms with Crippen LogP contribution in [-0.2, 0) is 21.2 Å². The molecule has 0 bridgehead atoms. The van der Waals surface area contributed by atoms with Crippen molar-refractivity contribution in [3.8, 4) is 12.3 Å². The molecule has 1 aromatic rings. The first-order chi connectivity index (χ1) is 16.2. The average Bonchev–Trinajstić information content (AvgIpc) is 3.42. The highest BCUT2D eigenvalue weighted by atomic mass is 32.2. The van der Waals surface area contributed by atoms with Crippen LogP contribution < -0.4 is 15.4 Å². The summed E-state index contributed by atoms with van der Waals surface area (Å²) in [4.78, 5) is 24.6. The van der Waals surface area contributed by atoms with Gasteiger partial charge in [-0.05, 0) is 67.6 Å². The minimum absolute atomic E-state index is 0.0123. The molecule has 8 heteroatoms. The van der Waals surface area contributed by atoms with Crippen LogP contribution in [-0.4, -0.2) is 32.9 Å². The number of terminal acetylenes is 1. The molecule has 1 aromatic carbocycles. The number of rotatable bonds is 7. The van der Waals surface area contributed by atoms with Crippen LogP contribution in [0.1, 0.15) is 57.4 Å². The number of carbonyl (C=O) groups is 2. The standard InChI is InChI=1S/C26H33N3O4S/c1-3-16-27-23(30)14-11-18-9-12-21(13-10-18)34(32,33)29-25(31)28-24-22-8-4-6-19(22)17-20-7-5-15-26(20,24)2/h1,9-10,12-13,17,20,22,24H,4-8,11,14-16H2,2H3,(H,27,30)(H2,28,29,31). The number of allylic oxidation sites excluding steroid dienone is 1. The summed E-state index contributed by atoms with van der Waals surface area (Å²) in [6.45, 7) is 2.42. The predicted molar refractivity (Wildman–Crippen MR) is 130 cm³/mol. The number of benzene rings is 1. The van der Waals surface area contributed by atoms with E-state index >= 15 is 0 Å². The molecule has 34 heavy (non-hydrogen) atoms. The molecule has 2 saturated carbocycles. The van der Waals surface area contributed by atoms with Crippen LogP contribution in [0.5, 0.6) is 0 Å². The number of hydrogen-bond donors (Lipinski definition) is 3. The highest BCUT2D eigenvalue weighted by Gasteiger charge is 2.52. The molecule has 4 rings (SSSR count). The number of amides is 3. The van der Waals surface area contributed by atoms with Gasteiger partial charge in [0, 0.05) is 18.4 Å². The minimum Gasteiger partial charge on any atom is -0.345 e. The number of carbonyl (C=O) groups excluding carboxylic acids is 2. The Morgan fingerprint density at radius 3 is 2.68 bits per heavy atom. The van der Waals surface area contributed by atoms with Gasteiger partial charge in [-0.2, -0.15) is 0 Å². The van der Waals surface area contributed by atoms with Crippen LogP contribution in [0.15, 0.2) is 40.8 Å². The topological polar surface area (TPSA) is 104 Å². The molecule has 0 heterocycles. The smallest absolute Gasteiger partial charge is 0.328 e. The molecule has 3 aliphatic carbocycles. The molecule has 4 unspecified atom stereocenters. The van der Waals surface area contributed by atoms with Crippen molar-refractivity contribution in [3.05, 3.63) is 41.5 Å². The van der Waals surface area contributed by atoms with Crippen molar-refractivity contribution in [2.45, 2.75) is 69.2 Å². The molecule has 4 atom stereocenters. The van der Waals surface area contributed by atoms with E-state index in [-0.39, 0.29) is 35.2 Å². The van der Waals surface area contributed by atoms with Gasteiger partial charge in [-0.25, -0.2) is 17.9 Å². The monoisotopic (exact) mass is 483 g/mol. The van der Waals surface area contributed by atoms with E-state index in [4.69, 9.17) is 6.42 Å². The average molecular weight is 484 g/mol. The summed E-state index contributed by atoms with van der Waals surface area (Å²) in [7, 11) is -4.01. The van der Waals surface area contributed by atoms with Gasteiger partial charge in [0.25, 0.3) is 10.0 Å². The lowest BCUT2D eigenvalue weighted by atomic mass is 9.63. The summed E-state index contributed by atoms with van der Waals surface area (Å²) in [6, 6.07) is 5.50. The number of urea groups is 1. The molecular weight excluding hydrogens is 450 g/mol. The molecule has 0 aliphatic heterocycles. The first-order valence-corrected chi connectivity index (χ1v) is 13.5. The number of aryl methyl sites for hydroxylation is 1. The van der Waals surface area contributed by atoms with Crippen molar-refractivity contribution in [2.75, 3.05) is 6.54 Å². The fraction of sp³-hybridized carbons (Fsp3) is 0.538. The molecule has 0 spiro atoms. The van der Waals surface area contributed by atoms with Crippen LogP contribution >= 0.6 is 0 Å². The molecule has 3 aliphatic rings.